The van der Waals surface area contributed by atoms with Gasteiger partial charge in [-0.3, -0.25) is 19.3 Å². The van der Waals surface area contributed by atoms with Crippen LogP contribution in [0.25, 0.3) is 0 Å². The summed E-state index contributed by atoms with van der Waals surface area (Å²) in [4.78, 5) is 53.4. The van der Waals surface area contributed by atoms with Crippen LogP contribution in [0.3, 0.4) is 0 Å². The highest BCUT2D eigenvalue weighted by atomic mass is 32.2. The number of carbonyl (C=O) groups is 5. The molecule has 0 aliphatic carbocycles. The smallest absolute Gasteiger partial charge is 0.477 e. The molecule has 0 aromatic heterocycles. The second kappa shape index (κ2) is 8.47. The monoisotopic (exact) mass is 429 g/mol. The van der Waals surface area contributed by atoms with E-state index in [1.54, 1.807) is 0 Å². The van der Waals surface area contributed by atoms with Crippen LogP contribution in [0.4, 0.5) is 13.2 Å². The molecule has 2 aliphatic rings. The lowest BCUT2D eigenvalue weighted by molar-refractivity contribution is -0.192. The number of hydrogen-bond acceptors (Lipinski definition) is 8. The number of hydrogen-bond donors (Lipinski definition) is 4. The van der Waals surface area contributed by atoms with Gasteiger partial charge in [0.25, 0.3) is 5.91 Å². The van der Waals surface area contributed by atoms with Gasteiger partial charge in [-0.2, -0.15) is 13.2 Å². The van der Waals surface area contributed by atoms with Crippen molar-refractivity contribution in [2.45, 2.75) is 24.1 Å². The number of nitrogens with one attached hydrogen (secondary N) is 1. The van der Waals surface area contributed by atoms with Crippen LogP contribution in [0.2, 0.25) is 0 Å². The first-order valence-corrected chi connectivity index (χ1v) is 8.11. The summed E-state index contributed by atoms with van der Waals surface area (Å²) in [5.74, 6) is -5.13. The number of alkyl halides is 3. The predicted molar refractivity (Wildman–Crippen MR) is 84.2 cm³/mol. The van der Waals surface area contributed by atoms with Crippen LogP contribution in [-0.2, 0) is 28.7 Å². The molecule has 1 unspecified atom stereocenters. The highest BCUT2D eigenvalue weighted by Crippen LogP contribution is 2.46. The number of carboxylic acids is 2. The van der Waals surface area contributed by atoms with Crippen molar-refractivity contribution in [2.24, 2.45) is 5.73 Å². The molecule has 2 aliphatic heterocycles. The van der Waals surface area contributed by atoms with E-state index in [1.807, 2.05) is 0 Å². The van der Waals surface area contributed by atoms with Gasteiger partial charge in [0.1, 0.15) is 18.3 Å². The Morgan fingerprint density at radius 2 is 1.96 bits per heavy atom. The Kier molecular flexibility index (Phi) is 7.03. The van der Waals surface area contributed by atoms with Gasteiger partial charge in [-0.25, -0.2) is 9.59 Å². The topological polar surface area (TPSA) is 176 Å². The van der Waals surface area contributed by atoms with Crippen molar-refractivity contribution in [1.29, 1.82) is 0 Å². The van der Waals surface area contributed by atoms with Crippen molar-refractivity contribution < 1.29 is 52.1 Å². The van der Waals surface area contributed by atoms with Crippen LogP contribution >= 0.6 is 11.8 Å². The fourth-order valence-electron chi connectivity index (χ4n) is 2.22. The quantitative estimate of drug-likeness (QED) is 0.237. The van der Waals surface area contributed by atoms with Crippen molar-refractivity contribution in [2.75, 3.05) is 12.4 Å². The van der Waals surface area contributed by atoms with Crippen LogP contribution in [0.1, 0.15) is 6.92 Å². The summed E-state index contributed by atoms with van der Waals surface area (Å²) in [6, 6.07) is -1.03. The molecule has 0 aromatic rings. The van der Waals surface area contributed by atoms with Crippen molar-refractivity contribution in [3.05, 3.63) is 11.3 Å². The molecule has 2 heterocycles. The van der Waals surface area contributed by atoms with Crippen LogP contribution in [0, 0.1) is 0 Å². The number of amides is 2. The van der Waals surface area contributed by atoms with E-state index in [-0.39, 0.29) is 23.6 Å². The first-order valence-electron chi connectivity index (χ1n) is 7.13. The Morgan fingerprint density at radius 3 is 2.36 bits per heavy atom. The van der Waals surface area contributed by atoms with E-state index >= 15 is 0 Å². The van der Waals surface area contributed by atoms with E-state index in [9.17, 15) is 37.5 Å². The molecule has 2 rings (SSSR count). The average Bonchev–Trinajstić information content (AvgIpc) is 2.58. The van der Waals surface area contributed by atoms with Crippen LogP contribution in [0.5, 0.6) is 0 Å². The summed E-state index contributed by atoms with van der Waals surface area (Å²) < 4.78 is 36.5. The number of halogens is 3. The van der Waals surface area contributed by atoms with Crippen LogP contribution in [0.15, 0.2) is 11.3 Å². The molecule has 2 atom stereocenters. The van der Waals surface area contributed by atoms with Crippen LogP contribution < -0.4 is 11.1 Å². The predicted octanol–water partition coefficient (Wildman–Crippen LogP) is -1.16. The first kappa shape index (κ1) is 23.2. The third-order valence-corrected chi connectivity index (χ3v) is 4.91. The van der Waals surface area contributed by atoms with Gasteiger partial charge in [0.2, 0.25) is 6.41 Å². The molecular formula is C13H14F3N3O8S. The number of thioether (sulfide) groups is 1. The number of esters is 1. The third kappa shape index (κ3) is 4.53. The summed E-state index contributed by atoms with van der Waals surface area (Å²) in [5.41, 5.74) is 5.65. The van der Waals surface area contributed by atoms with E-state index in [0.717, 1.165) is 16.7 Å². The third-order valence-electron chi connectivity index (χ3n) is 3.43. The number of aliphatic carboxylic acids is 2. The van der Waals surface area contributed by atoms with Gasteiger partial charge in [-0.1, -0.05) is 0 Å². The van der Waals surface area contributed by atoms with Crippen LogP contribution in [-0.4, -0.2) is 74.9 Å². The molecular weight excluding hydrogens is 415 g/mol. The first-order chi connectivity index (χ1) is 12.8. The standard InChI is InChI=1S/C11H13N3O6S.C2HF3O2/c1-5(16)20-2-6-3-21-11(13-4-15)8(12)9(17)14(11)7(6)10(18)19;3-2(4,5)1(6)7/h4,8H,2-3,12H2,1H3,(H,13,15)(H,18,19);(H,6,7)/t8-,11?;/m1./s1. The number of nitrogens with two attached hydrogens (primary N) is 1. The van der Waals surface area contributed by atoms with Gasteiger partial charge in [0.15, 0.2) is 4.99 Å². The molecule has 2 amide bonds. The zero-order valence-corrected chi connectivity index (χ0v) is 14.8. The Balaban J connectivity index is 0.000000480. The summed E-state index contributed by atoms with van der Waals surface area (Å²) in [7, 11) is 0. The number of ether oxygens (including phenoxy) is 1. The summed E-state index contributed by atoms with van der Waals surface area (Å²) in [6.45, 7) is 0.958. The lowest BCUT2D eigenvalue weighted by Crippen LogP contribution is -2.82. The zero-order chi connectivity index (χ0) is 21.9. The molecule has 0 bridgehead atoms. The van der Waals surface area contributed by atoms with Crippen molar-refractivity contribution in [3.8, 4) is 0 Å². The molecule has 1 fully saturated rings. The molecule has 0 aromatic carbocycles. The molecule has 156 valence electrons. The maximum Gasteiger partial charge on any atom is 0.490 e. The molecule has 0 spiro atoms. The molecule has 5 N–H and O–H groups in total. The van der Waals surface area contributed by atoms with Gasteiger partial charge in [-0.05, 0) is 0 Å². The minimum atomic E-state index is -5.08. The Hall–Kier alpha value is -2.81. The van der Waals surface area contributed by atoms with Crippen molar-refractivity contribution >= 4 is 42.0 Å². The minimum Gasteiger partial charge on any atom is -0.477 e. The maximum absolute atomic E-state index is 11.9. The number of carbonyl (C=O) groups excluding carboxylic acids is 3. The second-order valence-electron chi connectivity index (χ2n) is 5.24. The minimum absolute atomic E-state index is 0.160. The number of carboxylic acid groups (broad SMARTS) is 2. The fourth-order valence-corrected chi connectivity index (χ4v) is 3.56. The highest BCUT2D eigenvalue weighted by Gasteiger charge is 2.64. The van der Waals surface area contributed by atoms with E-state index in [4.69, 9.17) is 20.4 Å². The molecule has 15 heteroatoms. The lowest BCUT2D eigenvalue weighted by atomic mass is 9.99. The number of fused-ring (bicyclic) bond motifs is 1. The molecule has 0 saturated carbocycles. The van der Waals surface area contributed by atoms with Crippen molar-refractivity contribution in [3.63, 3.8) is 0 Å². The van der Waals surface area contributed by atoms with Gasteiger partial charge in [-0.15, -0.1) is 11.8 Å². The molecule has 0 radical (unpaired) electrons. The Bertz CT molecular complexity index is 741. The van der Waals surface area contributed by atoms with Gasteiger partial charge >= 0.3 is 24.1 Å². The molecule has 1 saturated heterocycles. The molecule has 28 heavy (non-hydrogen) atoms. The van der Waals surface area contributed by atoms with E-state index in [2.05, 4.69) is 5.32 Å². The van der Waals surface area contributed by atoms with Gasteiger partial charge in [0, 0.05) is 18.2 Å². The Labute approximate surface area is 158 Å². The summed E-state index contributed by atoms with van der Waals surface area (Å²) in [5, 5.41) is 18.9. The summed E-state index contributed by atoms with van der Waals surface area (Å²) >= 11 is 1.10. The van der Waals surface area contributed by atoms with Gasteiger partial charge in [0.05, 0.1) is 0 Å². The highest BCUT2D eigenvalue weighted by molar-refractivity contribution is 8.01. The molecule has 11 nitrogen and oxygen atoms in total. The fraction of sp³-hybridized carbons (Fsp3) is 0.462. The normalized spacial score (nSPS) is 23.5. The number of nitrogens with zero attached hydrogens (tertiary/aromatic N) is 1. The zero-order valence-electron chi connectivity index (χ0n) is 14.0. The number of rotatable bonds is 5. The average molecular weight is 429 g/mol. The Morgan fingerprint density at radius 1 is 1.43 bits per heavy atom. The lowest BCUT2D eigenvalue weighted by Gasteiger charge is -2.56. The maximum atomic E-state index is 11.9. The van der Waals surface area contributed by atoms with E-state index in [1.165, 1.54) is 6.92 Å². The van der Waals surface area contributed by atoms with E-state index < -0.39 is 41.0 Å². The van der Waals surface area contributed by atoms with Crippen molar-refractivity contribution in [1.82, 2.24) is 10.2 Å². The SMILES string of the molecule is CC(=O)OCC1=C(C(=O)O)N2C(=O)[C@@H](N)C2(NC=O)SC1.O=C(O)C(F)(F)F. The van der Waals surface area contributed by atoms with E-state index in [0.29, 0.717) is 6.41 Å². The summed E-state index contributed by atoms with van der Waals surface area (Å²) in [6.07, 6.45) is -4.72. The number of β-lactam (4-membered cyclic amide) rings is 1. The largest absolute Gasteiger partial charge is 0.490 e. The van der Waals surface area contributed by atoms with Gasteiger partial charge < -0.3 is 26.0 Å². The second-order valence-corrected chi connectivity index (χ2v) is 6.44.